The minimum absolute atomic E-state index is 0.0293. The van der Waals surface area contributed by atoms with E-state index in [1.165, 1.54) is 7.11 Å². The zero-order chi connectivity index (χ0) is 16.7. The number of hydrogen-bond acceptors (Lipinski definition) is 5. The SMILES string of the molecule is COc1cc(SC)ccc1C(=O)OCC(=O)N[C@@H](C)C(C)C. The van der Waals surface area contributed by atoms with Gasteiger partial charge < -0.3 is 14.8 Å². The fourth-order valence-electron chi connectivity index (χ4n) is 1.64. The number of hydrogen-bond donors (Lipinski definition) is 1. The van der Waals surface area contributed by atoms with Crippen molar-refractivity contribution in [2.24, 2.45) is 5.92 Å². The molecule has 0 saturated carbocycles. The molecule has 1 N–H and O–H groups in total. The minimum atomic E-state index is -0.572. The van der Waals surface area contributed by atoms with Gasteiger partial charge in [-0.15, -0.1) is 11.8 Å². The predicted octanol–water partition coefficient (Wildman–Crippen LogP) is 2.73. The standard InChI is InChI=1S/C16H23NO4S/c1-10(2)11(3)17-15(18)9-21-16(19)13-7-6-12(22-5)8-14(13)20-4/h6-8,10-11H,9H2,1-5H3,(H,17,18)/t11-/m0/s1. The van der Waals surface area contributed by atoms with Crippen molar-refractivity contribution in [2.75, 3.05) is 20.0 Å². The van der Waals surface area contributed by atoms with Gasteiger partial charge in [0.2, 0.25) is 0 Å². The van der Waals surface area contributed by atoms with Crippen molar-refractivity contribution in [2.45, 2.75) is 31.7 Å². The lowest BCUT2D eigenvalue weighted by Gasteiger charge is -2.17. The Kier molecular flexibility index (Phi) is 7.24. The van der Waals surface area contributed by atoms with E-state index in [4.69, 9.17) is 9.47 Å². The fourth-order valence-corrected chi connectivity index (χ4v) is 2.07. The molecule has 0 spiro atoms. The van der Waals surface area contributed by atoms with Gasteiger partial charge in [-0.25, -0.2) is 4.79 Å². The van der Waals surface area contributed by atoms with E-state index in [0.717, 1.165) is 4.90 Å². The van der Waals surface area contributed by atoms with Crippen LogP contribution in [-0.4, -0.2) is 37.9 Å². The summed E-state index contributed by atoms with van der Waals surface area (Å²) in [6.45, 7) is 5.63. The molecule has 0 unspecified atom stereocenters. The first-order chi connectivity index (χ1) is 10.4. The van der Waals surface area contributed by atoms with E-state index in [-0.39, 0.29) is 18.6 Å². The molecule has 0 heterocycles. The van der Waals surface area contributed by atoms with Crippen molar-refractivity contribution in [3.63, 3.8) is 0 Å². The minimum Gasteiger partial charge on any atom is -0.496 e. The second kappa shape index (κ2) is 8.68. The number of rotatable bonds is 7. The normalized spacial score (nSPS) is 11.9. The maximum atomic E-state index is 12.1. The lowest BCUT2D eigenvalue weighted by molar-refractivity contribution is -0.125. The van der Waals surface area contributed by atoms with Gasteiger partial charge >= 0.3 is 5.97 Å². The van der Waals surface area contributed by atoms with Crippen molar-refractivity contribution in [3.05, 3.63) is 23.8 Å². The van der Waals surface area contributed by atoms with Gasteiger partial charge in [0.05, 0.1) is 7.11 Å². The molecular formula is C16H23NO4S. The highest BCUT2D eigenvalue weighted by molar-refractivity contribution is 7.98. The number of benzene rings is 1. The lowest BCUT2D eigenvalue weighted by atomic mass is 10.1. The molecule has 1 aromatic rings. The van der Waals surface area contributed by atoms with Crippen molar-refractivity contribution in [3.8, 4) is 5.75 Å². The number of carbonyl (C=O) groups excluding carboxylic acids is 2. The van der Waals surface area contributed by atoms with E-state index in [1.54, 1.807) is 23.9 Å². The zero-order valence-electron chi connectivity index (χ0n) is 13.6. The summed E-state index contributed by atoms with van der Waals surface area (Å²) in [5.74, 6) is -0.127. The van der Waals surface area contributed by atoms with Crippen LogP contribution in [0.15, 0.2) is 23.1 Å². The van der Waals surface area contributed by atoms with E-state index in [0.29, 0.717) is 17.2 Å². The van der Waals surface area contributed by atoms with Crippen LogP contribution in [0.5, 0.6) is 5.75 Å². The summed E-state index contributed by atoms with van der Waals surface area (Å²) in [7, 11) is 1.49. The highest BCUT2D eigenvalue weighted by atomic mass is 32.2. The molecule has 0 aliphatic rings. The summed E-state index contributed by atoms with van der Waals surface area (Å²) in [4.78, 5) is 24.8. The largest absolute Gasteiger partial charge is 0.496 e. The van der Waals surface area contributed by atoms with Crippen LogP contribution in [0.1, 0.15) is 31.1 Å². The van der Waals surface area contributed by atoms with Crippen LogP contribution < -0.4 is 10.1 Å². The molecule has 0 fully saturated rings. The lowest BCUT2D eigenvalue weighted by Crippen LogP contribution is -2.38. The van der Waals surface area contributed by atoms with Crippen LogP contribution in [0, 0.1) is 5.92 Å². The molecule has 0 saturated heterocycles. The molecule has 0 bridgehead atoms. The number of nitrogens with one attached hydrogen (secondary N) is 1. The summed E-state index contributed by atoms with van der Waals surface area (Å²) in [5, 5.41) is 2.78. The fraction of sp³-hybridized carbons (Fsp3) is 0.500. The van der Waals surface area contributed by atoms with Gasteiger partial charge in [-0.05, 0) is 37.3 Å². The molecule has 122 valence electrons. The maximum Gasteiger partial charge on any atom is 0.342 e. The van der Waals surface area contributed by atoms with Gasteiger partial charge in [-0.1, -0.05) is 13.8 Å². The molecule has 1 atom stereocenters. The Bertz CT molecular complexity index is 531. The Morgan fingerprint density at radius 1 is 1.27 bits per heavy atom. The molecule has 6 heteroatoms. The Morgan fingerprint density at radius 2 is 1.95 bits per heavy atom. The molecule has 0 aliphatic heterocycles. The van der Waals surface area contributed by atoms with Gasteiger partial charge in [0, 0.05) is 10.9 Å². The van der Waals surface area contributed by atoms with E-state index >= 15 is 0 Å². The Labute approximate surface area is 135 Å². The average molecular weight is 325 g/mol. The highest BCUT2D eigenvalue weighted by Crippen LogP contribution is 2.25. The monoisotopic (exact) mass is 325 g/mol. The second-order valence-corrected chi connectivity index (χ2v) is 6.12. The molecule has 1 aromatic carbocycles. The van der Waals surface area contributed by atoms with Gasteiger partial charge in [-0.2, -0.15) is 0 Å². The first-order valence-corrected chi connectivity index (χ1v) is 8.30. The van der Waals surface area contributed by atoms with Gasteiger partial charge in [0.25, 0.3) is 5.91 Å². The molecule has 0 aliphatic carbocycles. The third-order valence-corrected chi connectivity index (χ3v) is 4.08. The van der Waals surface area contributed by atoms with Crippen LogP contribution in [0.3, 0.4) is 0 Å². The van der Waals surface area contributed by atoms with Crippen molar-refractivity contribution in [1.29, 1.82) is 0 Å². The smallest absolute Gasteiger partial charge is 0.342 e. The summed E-state index contributed by atoms with van der Waals surface area (Å²) in [6, 6.07) is 5.25. The van der Waals surface area contributed by atoms with Gasteiger partial charge in [0.1, 0.15) is 11.3 Å². The van der Waals surface area contributed by atoms with Crippen LogP contribution in [0.2, 0.25) is 0 Å². The molecule has 1 amide bonds. The molecule has 22 heavy (non-hydrogen) atoms. The second-order valence-electron chi connectivity index (χ2n) is 5.24. The van der Waals surface area contributed by atoms with E-state index in [9.17, 15) is 9.59 Å². The van der Waals surface area contributed by atoms with E-state index < -0.39 is 5.97 Å². The Morgan fingerprint density at radius 3 is 2.50 bits per heavy atom. The summed E-state index contributed by atoms with van der Waals surface area (Å²) in [5.41, 5.74) is 0.310. The molecular weight excluding hydrogens is 302 g/mol. The van der Waals surface area contributed by atoms with Crippen LogP contribution in [-0.2, 0) is 9.53 Å². The van der Waals surface area contributed by atoms with E-state index in [2.05, 4.69) is 5.32 Å². The zero-order valence-corrected chi connectivity index (χ0v) is 14.5. The topological polar surface area (TPSA) is 64.6 Å². The van der Waals surface area contributed by atoms with Crippen LogP contribution >= 0.6 is 11.8 Å². The third-order valence-electron chi connectivity index (χ3n) is 3.35. The summed E-state index contributed by atoms with van der Waals surface area (Å²) in [6.07, 6.45) is 1.94. The Hall–Kier alpha value is -1.69. The van der Waals surface area contributed by atoms with Crippen LogP contribution in [0.25, 0.3) is 0 Å². The van der Waals surface area contributed by atoms with Gasteiger partial charge in [-0.3, -0.25) is 4.79 Å². The van der Waals surface area contributed by atoms with Crippen molar-refractivity contribution in [1.82, 2.24) is 5.32 Å². The Balaban J connectivity index is 2.64. The molecule has 5 nitrogen and oxygen atoms in total. The molecule has 0 aromatic heterocycles. The third kappa shape index (κ3) is 5.26. The molecule has 1 rings (SSSR count). The molecule has 0 radical (unpaired) electrons. The quantitative estimate of drug-likeness (QED) is 0.617. The number of carbonyl (C=O) groups is 2. The van der Waals surface area contributed by atoms with Crippen molar-refractivity contribution >= 4 is 23.6 Å². The summed E-state index contributed by atoms with van der Waals surface area (Å²) < 4.78 is 10.2. The predicted molar refractivity (Wildman–Crippen MR) is 87.5 cm³/mol. The maximum absolute atomic E-state index is 12.1. The van der Waals surface area contributed by atoms with Crippen LogP contribution in [0.4, 0.5) is 0 Å². The van der Waals surface area contributed by atoms with Crippen molar-refractivity contribution < 1.29 is 19.1 Å². The van der Waals surface area contributed by atoms with Gasteiger partial charge in [0.15, 0.2) is 6.61 Å². The number of esters is 1. The average Bonchev–Trinajstić information content (AvgIpc) is 2.51. The first-order valence-electron chi connectivity index (χ1n) is 7.07. The van der Waals surface area contributed by atoms with E-state index in [1.807, 2.05) is 33.1 Å². The number of ether oxygens (including phenoxy) is 2. The summed E-state index contributed by atoms with van der Waals surface area (Å²) >= 11 is 1.55. The number of thioether (sulfide) groups is 1. The number of amides is 1. The first kappa shape index (κ1) is 18.4. The number of methoxy groups -OCH3 is 1. The highest BCUT2D eigenvalue weighted by Gasteiger charge is 2.17.